The molecule has 174 valence electrons. The summed E-state index contributed by atoms with van der Waals surface area (Å²) in [7, 11) is -0.0801. The molecule has 2 heterocycles. The Hall–Kier alpha value is -3.69. The molecule has 0 saturated carbocycles. The zero-order valence-corrected chi connectivity index (χ0v) is 18.1. The van der Waals surface area contributed by atoms with Gasteiger partial charge in [-0.2, -0.15) is 0 Å². The summed E-state index contributed by atoms with van der Waals surface area (Å²) < 4.78 is 5.45. The van der Waals surface area contributed by atoms with E-state index in [-0.39, 0.29) is 41.6 Å². The van der Waals surface area contributed by atoms with Crippen molar-refractivity contribution >= 4 is 47.1 Å². The summed E-state index contributed by atoms with van der Waals surface area (Å²) in [6, 6.07) is 3.11. The predicted molar refractivity (Wildman–Crippen MR) is 116 cm³/mol. The lowest BCUT2D eigenvalue weighted by Gasteiger charge is -2.30. The van der Waals surface area contributed by atoms with Crippen LogP contribution in [-0.2, 0) is 22.6 Å². The SMILES string of the molecule is CN(CC(=O)O)Cc1ccc2c(c1C(=O)O)OB(O)[C@@H](NC(=O)/C(=N\O)c1csc(N)n1)C2. The maximum Gasteiger partial charge on any atom is 0.547 e. The van der Waals surface area contributed by atoms with E-state index in [0.29, 0.717) is 11.1 Å². The second kappa shape index (κ2) is 9.85. The highest BCUT2D eigenvalue weighted by molar-refractivity contribution is 7.13. The first-order valence-electron chi connectivity index (χ1n) is 9.48. The number of nitrogens with zero attached hydrogens (tertiary/aromatic N) is 3. The van der Waals surface area contributed by atoms with Crippen molar-refractivity contribution in [2.75, 3.05) is 19.3 Å². The van der Waals surface area contributed by atoms with Crippen LogP contribution in [-0.4, -0.2) is 80.5 Å². The minimum absolute atomic E-state index is 0.0195. The molecule has 0 unspecified atom stereocenters. The molecule has 33 heavy (non-hydrogen) atoms. The van der Waals surface area contributed by atoms with Gasteiger partial charge in [-0.25, -0.2) is 9.78 Å². The molecule has 1 aromatic carbocycles. The fourth-order valence-electron chi connectivity index (χ4n) is 3.41. The maximum atomic E-state index is 12.6. The van der Waals surface area contributed by atoms with Gasteiger partial charge in [0.05, 0.1) is 12.5 Å². The van der Waals surface area contributed by atoms with E-state index in [4.69, 9.17) is 15.5 Å². The molecule has 15 heteroatoms. The predicted octanol–water partition coefficient (Wildman–Crippen LogP) is -0.742. The number of carbonyl (C=O) groups is 3. The molecule has 0 radical (unpaired) electrons. The molecular weight excluding hydrogens is 457 g/mol. The first-order valence-corrected chi connectivity index (χ1v) is 10.4. The highest BCUT2D eigenvalue weighted by Crippen LogP contribution is 2.33. The Morgan fingerprint density at radius 1 is 1.39 bits per heavy atom. The van der Waals surface area contributed by atoms with Gasteiger partial charge in [-0.1, -0.05) is 17.3 Å². The molecule has 1 aliphatic rings. The van der Waals surface area contributed by atoms with Crippen LogP contribution in [0.15, 0.2) is 22.7 Å². The standard InChI is InChI=1S/C18H20BN5O8S/c1-24(6-12(25)26)5-9-3-2-8-4-11(19(30)32-15(8)13(9)17(28)29)22-16(27)14(23-31)10-7-33-18(20)21-10/h2-3,7,11,30-31H,4-6H2,1H3,(H2,20,21)(H,22,27)(H,25,26)(H,28,29)/b23-14-/t11-/m0/s1. The fraction of sp³-hybridized carbons (Fsp3) is 0.278. The molecule has 0 aliphatic carbocycles. The number of nitrogens with two attached hydrogens (primary N) is 1. The first-order chi connectivity index (χ1) is 15.6. The lowest BCUT2D eigenvalue weighted by atomic mass is 9.72. The van der Waals surface area contributed by atoms with Crippen molar-refractivity contribution in [3.05, 3.63) is 39.9 Å². The zero-order valence-electron chi connectivity index (χ0n) is 17.3. The number of amides is 1. The molecule has 1 aliphatic heterocycles. The number of carboxylic acid groups (broad SMARTS) is 2. The summed E-state index contributed by atoms with van der Waals surface area (Å²) in [4.78, 5) is 40.7. The number of aromatic carboxylic acids is 1. The van der Waals surface area contributed by atoms with Crippen molar-refractivity contribution in [2.45, 2.75) is 18.9 Å². The van der Waals surface area contributed by atoms with E-state index in [2.05, 4.69) is 15.5 Å². The first kappa shape index (κ1) is 24.0. The lowest BCUT2D eigenvalue weighted by Crippen LogP contribution is -2.54. The molecule has 1 amide bonds. The Morgan fingerprint density at radius 2 is 2.12 bits per heavy atom. The summed E-state index contributed by atoms with van der Waals surface area (Å²) in [6.07, 6.45) is 0.0195. The van der Waals surface area contributed by atoms with E-state index >= 15 is 0 Å². The number of aliphatic carboxylic acids is 1. The number of carboxylic acids is 2. The average Bonchev–Trinajstić information content (AvgIpc) is 3.14. The van der Waals surface area contributed by atoms with E-state index in [1.807, 2.05) is 0 Å². The minimum Gasteiger partial charge on any atom is -0.534 e. The van der Waals surface area contributed by atoms with Crippen LogP contribution in [0.1, 0.15) is 27.2 Å². The van der Waals surface area contributed by atoms with Crippen LogP contribution in [0, 0.1) is 0 Å². The number of fused-ring (bicyclic) bond motifs is 1. The van der Waals surface area contributed by atoms with Gasteiger partial charge in [0.15, 0.2) is 10.8 Å². The lowest BCUT2D eigenvalue weighted by molar-refractivity contribution is -0.138. The number of hydrogen-bond donors (Lipinski definition) is 6. The molecule has 2 aromatic rings. The molecule has 0 saturated heterocycles. The second-order valence-corrected chi connectivity index (χ2v) is 8.16. The molecule has 0 bridgehead atoms. The van der Waals surface area contributed by atoms with E-state index in [9.17, 15) is 29.7 Å². The number of thiazole rings is 1. The van der Waals surface area contributed by atoms with Crippen molar-refractivity contribution in [2.24, 2.45) is 5.16 Å². The zero-order chi connectivity index (χ0) is 24.3. The summed E-state index contributed by atoms with van der Waals surface area (Å²) in [5.74, 6) is -4.27. The number of rotatable bonds is 8. The van der Waals surface area contributed by atoms with Crippen LogP contribution in [0.25, 0.3) is 0 Å². The number of hydrogen-bond acceptors (Lipinski definition) is 11. The quantitative estimate of drug-likeness (QED) is 0.121. The van der Waals surface area contributed by atoms with Crippen LogP contribution in [0.4, 0.5) is 5.13 Å². The Morgan fingerprint density at radius 3 is 2.70 bits per heavy atom. The molecule has 1 aromatic heterocycles. The largest absolute Gasteiger partial charge is 0.547 e. The summed E-state index contributed by atoms with van der Waals surface area (Å²) >= 11 is 1.04. The summed E-state index contributed by atoms with van der Waals surface area (Å²) in [6.45, 7) is -0.277. The Labute approximate surface area is 191 Å². The van der Waals surface area contributed by atoms with Gasteiger partial charge in [0.25, 0.3) is 5.91 Å². The van der Waals surface area contributed by atoms with Crippen molar-refractivity contribution in [1.29, 1.82) is 0 Å². The second-order valence-electron chi connectivity index (χ2n) is 7.27. The molecular formula is C18H20BN5O8S. The minimum atomic E-state index is -1.60. The van der Waals surface area contributed by atoms with Crippen LogP contribution in [0.3, 0.4) is 0 Å². The van der Waals surface area contributed by atoms with Crippen LogP contribution < -0.4 is 15.7 Å². The van der Waals surface area contributed by atoms with Gasteiger partial charge in [0, 0.05) is 11.9 Å². The van der Waals surface area contributed by atoms with Gasteiger partial charge in [-0.15, -0.1) is 11.3 Å². The monoisotopic (exact) mass is 477 g/mol. The molecule has 3 rings (SSSR count). The van der Waals surface area contributed by atoms with Crippen molar-refractivity contribution in [3.8, 4) is 5.75 Å². The van der Waals surface area contributed by atoms with Gasteiger partial charge >= 0.3 is 19.1 Å². The van der Waals surface area contributed by atoms with Crippen molar-refractivity contribution in [3.63, 3.8) is 0 Å². The smallest absolute Gasteiger partial charge is 0.534 e. The summed E-state index contributed by atoms with van der Waals surface area (Å²) in [5, 5.41) is 45.3. The van der Waals surface area contributed by atoms with Crippen LogP contribution in [0.2, 0.25) is 0 Å². The van der Waals surface area contributed by atoms with Gasteiger partial charge in [-0.05, 0) is 24.6 Å². The van der Waals surface area contributed by atoms with Crippen LogP contribution in [0.5, 0.6) is 5.75 Å². The van der Waals surface area contributed by atoms with Gasteiger partial charge < -0.3 is 36.1 Å². The molecule has 0 spiro atoms. The number of benzene rings is 1. The van der Waals surface area contributed by atoms with Gasteiger partial charge in [0.1, 0.15) is 17.0 Å². The third-order valence-electron chi connectivity index (χ3n) is 4.80. The fourth-order valence-corrected chi connectivity index (χ4v) is 3.96. The number of nitrogens with one attached hydrogen (secondary N) is 1. The molecule has 0 fully saturated rings. The van der Waals surface area contributed by atoms with E-state index in [1.54, 1.807) is 6.07 Å². The number of anilines is 1. The van der Waals surface area contributed by atoms with Crippen molar-refractivity contribution in [1.82, 2.24) is 15.2 Å². The topological polar surface area (TPSA) is 208 Å². The van der Waals surface area contributed by atoms with Gasteiger partial charge in [-0.3, -0.25) is 14.5 Å². The highest BCUT2D eigenvalue weighted by Gasteiger charge is 2.39. The number of likely N-dealkylation sites (N-methyl/N-ethyl adjacent to an activating group) is 1. The third kappa shape index (κ3) is 5.39. The number of oxime groups is 1. The average molecular weight is 477 g/mol. The Bertz CT molecular complexity index is 1120. The van der Waals surface area contributed by atoms with E-state index in [0.717, 1.165) is 11.3 Å². The maximum absolute atomic E-state index is 12.6. The number of nitrogen functional groups attached to an aromatic ring is 1. The van der Waals surface area contributed by atoms with E-state index < -0.39 is 36.6 Å². The number of carbonyl (C=O) groups excluding carboxylic acids is 1. The Balaban J connectivity index is 1.82. The number of aromatic nitrogens is 1. The molecule has 1 atom stereocenters. The summed E-state index contributed by atoms with van der Waals surface area (Å²) in [5.41, 5.74) is 5.68. The highest BCUT2D eigenvalue weighted by atomic mass is 32.1. The molecule has 13 nitrogen and oxygen atoms in total. The normalized spacial score (nSPS) is 15.7. The Kier molecular flexibility index (Phi) is 7.15. The van der Waals surface area contributed by atoms with Crippen LogP contribution >= 0.6 is 11.3 Å². The van der Waals surface area contributed by atoms with Crippen molar-refractivity contribution < 1.29 is 39.5 Å². The molecule has 7 N–H and O–H groups in total. The van der Waals surface area contributed by atoms with E-state index in [1.165, 1.54) is 23.4 Å². The third-order valence-corrected chi connectivity index (χ3v) is 5.48. The van der Waals surface area contributed by atoms with Gasteiger partial charge in [0.2, 0.25) is 0 Å².